The molecule has 0 aliphatic rings. The largest absolute Gasteiger partial charge is 0.497 e. The van der Waals surface area contributed by atoms with Gasteiger partial charge in [-0.15, -0.1) is 0 Å². The van der Waals surface area contributed by atoms with Gasteiger partial charge >= 0.3 is 0 Å². The van der Waals surface area contributed by atoms with E-state index < -0.39 is 5.91 Å². The van der Waals surface area contributed by atoms with E-state index in [0.717, 1.165) is 0 Å². The van der Waals surface area contributed by atoms with Crippen LogP contribution in [0.5, 0.6) is 5.75 Å². The SMILES string of the molecule is COc1ccc(NC(=O)c2ccc(C(=O)Nc3ccc(NC(C)=O)cc3)nc2)cc1. The highest BCUT2D eigenvalue weighted by atomic mass is 16.5. The Morgan fingerprint density at radius 2 is 1.27 bits per heavy atom. The van der Waals surface area contributed by atoms with Crippen LogP contribution in [0.15, 0.2) is 66.9 Å². The lowest BCUT2D eigenvalue weighted by atomic mass is 10.2. The van der Waals surface area contributed by atoms with Gasteiger partial charge in [-0.05, 0) is 60.7 Å². The molecular weight excluding hydrogens is 384 g/mol. The normalized spacial score (nSPS) is 10.1. The van der Waals surface area contributed by atoms with Gasteiger partial charge < -0.3 is 20.7 Å². The first-order chi connectivity index (χ1) is 14.4. The lowest BCUT2D eigenvalue weighted by Gasteiger charge is -2.08. The van der Waals surface area contributed by atoms with Gasteiger partial charge in [0.15, 0.2) is 0 Å². The summed E-state index contributed by atoms with van der Waals surface area (Å²) in [6, 6.07) is 16.6. The van der Waals surface area contributed by atoms with Crippen LogP contribution in [0.2, 0.25) is 0 Å². The third kappa shape index (κ3) is 5.41. The Balaban J connectivity index is 1.60. The molecule has 8 heteroatoms. The third-order valence-corrected chi connectivity index (χ3v) is 4.07. The zero-order valence-electron chi connectivity index (χ0n) is 16.4. The van der Waals surface area contributed by atoms with Crippen molar-refractivity contribution in [1.82, 2.24) is 4.98 Å². The van der Waals surface area contributed by atoms with Crippen LogP contribution in [0, 0.1) is 0 Å². The molecule has 0 atom stereocenters. The van der Waals surface area contributed by atoms with Crippen molar-refractivity contribution in [3.8, 4) is 5.75 Å². The molecule has 0 saturated carbocycles. The second-order valence-electron chi connectivity index (χ2n) is 6.33. The number of anilines is 3. The molecule has 152 valence electrons. The van der Waals surface area contributed by atoms with Gasteiger partial charge in [-0.3, -0.25) is 19.4 Å². The van der Waals surface area contributed by atoms with Crippen LogP contribution in [0.1, 0.15) is 27.8 Å². The summed E-state index contributed by atoms with van der Waals surface area (Å²) < 4.78 is 5.08. The molecule has 1 heterocycles. The predicted octanol–water partition coefficient (Wildman–Crippen LogP) is 3.55. The number of nitrogens with zero attached hydrogens (tertiary/aromatic N) is 1. The molecule has 30 heavy (non-hydrogen) atoms. The Kier molecular flexibility index (Phi) is 6.39. The lowest BCUT2D eigenvalue weighted by molar-refractivity contribution is -0.114. The van der Waals surface area contributed by atoms with Crippen LogP contribution >= 0.6 is 0 Å². The van der Waals surface area contributed by atoms with E-state index in [2.05, 4.69) is 20.9 Å². The van der Waals surface area contributed by atoms with Gasteiger partial charge in [0.25, 0.3) is 11.8 Å². The number of hydrogen-bond donors (Lipinski definition) is 3. The standard InChI is InChI=1S/C22H20N4O4/c1-14(27)24-16-4-6-17(7-5-16)26-22(29)20-12-3-15(13-23-20)21(28)25-18-8-10-19(30-2)11-9-18/h3-13H,1-2H3,(H,24,27)(H,25,28)(H,26,29). The summed E-state index contributed by atoms with van der Waals surface area (Å²) >= 11 is 0. The molecule has 8 nitrogen and oxygen atoms in total. The summed E-state index contributed by atoms with van der Waals surface area (Å²) in [4.78, 5) is 39.8. The second-order valence-corrected chi connectivity index (χ2v) is 6.33. The first-order valence-electron chi connectivity index (χ1n) is 9.05. The minimum atomic E-state index is -0.413. The van der Waals surface area contributed by atoms with Crippen molar-refractivity contribution in [2.24, 2.45) is 0 Å². The van der Waals surface area contributed by atoms with Gasteiger partial charge in [-0.1, -0.05) is 0 Å². The zero-order chi connectivity index (χ0) is 21.5. The maximum Gasteiger partial charge on any atom is 0.274 e. The maximum absolute atomic E-state index is 12.4. The van der Waals surface area contributed by atoms with Crippen molar-refractivity contribution < 1.29 is 19.1 Å². The maximum atomic E-state index is 12.4. The van der Waals surface area contributed by atoms with Crippen molar-refractivity contribution in [2.45, 2.75) is 6.92 Å². The van der Waals surface area contributed by atoms with Crippen molar-refractivity contribution in [3.63, 3.8) is 0 Å². The quantitative estimate of drug-likeness (QED) is 0.582. The molecule has 3 rings (SSSR count). The first-order valence-corrected chi connectivity index (χ1v) is 9.05. The molecule has 0 unspecified atom stereocenters. The van der Waals surface area contributed by atoms with Crippen LogP contribution in [0.25, 0.3) is 0 Å². The molecule has 2 aromatic carbocycles. The summed E-state index contributed by atoms with van der Waals surface area (Å²) in [6.07, 6.45) is 1.34. The molecule has 0 saturated heterocycles. The Hall–Kier alpha value is -4.20. The van der Waals surface area contributed by atoms with Gasteiger partial charge in [0.05, 0.1) is 12.7 Å². The Morgan fingerprint density at radius 1 is 0.733 bits per heavy atom. The number of carbonyl (C=O) groups excluding carboxylic acids is 3. The topological polar surface area (TPSA) is 109 Å². The van der Waals surface area contributed by atoms with E-state index in [4.69, 9.17) is 4.74 Å². The fourth-order valence-electron chi connectivity index (χ4n) is 2.58. The number of pyridine rings is 1. The predicted molar refractivity (Wildman–Crippen MR) is 114 cm³/mol. The van der Waals surface area contributed by atoms with Crippen molar-refractivity contribution in [3.05, 3.63) is 78.1 Å². The van der Waals surface area contributed by atoms with Gasteiger partial charge in [0, 0.05) is 30.2 Å². The number of nitrogens with one attached hydrogen (secondary N) is 3. The van der Waals surface area contributed by atoms with E-state index in [9.17, 15) is 14.4 Å². The highest BCUT2D eigenvalue weighted by Gasteiger charge is 2.11. The Morgan fingerprint density at radius 3 is 1.77 bits per heavy atom. The molecule has 0 aliphatic heterocycles. The molecule has 0 spiro atoms. The lowest BCUT2D eigenvalue weighted by Crippen LogP contribution is -2.16. The highest BCUT2D eigenvalue weighted by Crippen LogP contribution is 2.17. The molecular formula is C22H20N4O4. The van der Waals surface area contributed by atoms with Crippen molar-refractivity contribution >= 4 is 34.8 Å². The first kappa shape index (κ1) is 20.5. The smallest absolute Gasteiger partial charge is 0.274 e. The van der Waals surface area contributed by atoms with E-state index >= 15 is 0 Å². The van der Waals surface area contributed by atoms with Gasteiger partial charge in [-0.25, -0.2) is 0 Å². The van der Waals surface area contributed by atoms with Crippen molar-refractivity contribution in [1.29, 1.82) is 0 Å². The van der Waals surface area contributed by atoms with Crippen LogP contribution < -0.4 is 20.7 Å². The number of aromatic nitrogens is 1. The molecule has 0 radical (unpaired) electrons. The minimum absolute atomic E-state index is 0.168. The van der Waals surface area contributed by atoms with E-state index in [0.29, 0.717) is 28.4 Å². The molecule has 3 aromatic rings. The number of rotatable bonds is 6. The Bertz CT molecular complexity index is 1050. The number of benzene rings is 2. The summed E-state index contributed by atoms with van der Waals surface area (Å²) in [7, 11) is 1.57. The second kappa shape index (κ2) is 9.33. The minimum Gasteiger partial charge on any atom is -0.497 e. The monoisotopic (exact) mass is 404 g/mol. The molecule has 3 N–H and O–H groups in total. The van der Waals surface area contributed by atoms with E-state index in [1.807, 2.05) is 0 Å². The molecule has 1 aromatic heterocycles. The van der Waals surface area contributed by atoms with E-state index in [1.165, 1.54) is 25.3 Å². The summed E-state index contributed by atoms with van der Waals surface area (Å²) in [5.41, 5.74) is 2.29. The highest BCUT2D eigenvalue weighted by molar-refractivity contribution is 6.06. The van der Waals surface area contributed by atoms with Crippen molar-refractivity contribution in [2.75, 3.05) is 23.1 Å². The van der Waals surface area contributed by atoms with Gasteiger partial charge in [-0.2, -0.15) is 0 Å². The summed E-state index contributed by atoms with van der Waals surface area (Å²) in [6.45, 7) is 1.42. The summed E-state index contributed by atoms with van der Waals surface area (Å²) in [5, 5.41) is 8.11. The van der Waals surface area contributed by atoms with Gasteiger partial charge in [0.1, 0.15) is 11.4 Å². The molecule has 0 aliphatic carbocycles. The van der Waals surface area contributed by atoms with Gasteiger partial charge in [0.2, 0.25) is 5.91 Å². The summed E-state index contributed by atoms with van der Waals surface area (Å²) in [5.74, 6) is -0.237. The molecule has 0 fully saturated rings. The number of hydrogen-bond acceptors (Lipinski definition) is 5. The number of methoxy groups -OCH3 is 1. The number of ether oxygens (including phenoxy) is 1. The fraction of sp³-hybridized carbons (Fsp3) is 0.0909. The third-order valence-electron chi connectivity index (χ3n) is 4.07. The van der Waals surface area contributed by atoms with E-state index in [-0.39, 0.29) is 17.5 Å². The molecule has 3 amide bonds. The Labute approximate surface area is 173 Å². The average molecular weight is 404 g/mol. The fourth-order valence-corrected chi connectivity index (χ4v) is 2.58. The number of amides is 3. The van der Waals surface area contributed by atoms with Crippen LogP contribution in [0.4, 0.5) is 17.1 Å². The number of carbonyl (C=O) groups is 3. The van der Waals surface area contributed by atoms with Crippen LogP contribution in [-0.4, -0.2) is 29.8 Å². The van der Waals surface area contributed by atoms with Crippen LogP contribution in [0.3, 0.4) is 0 Å². The molecule has 0 bridgehead atoms. The average Bonchev–Trinajstić information content (AvgIpc) is 2.75. The van der Waals surface area contributed by atoms with E-state index in [1.54, 1.807) is 55.6 Å². The zero-order valence-corrected chi connectivity index (χ0v) is 16.4. The van der Waals surface area contributed by atoms with Crippen LogP contribution in [-0.2, 0) is 4.79 Å².